The number of nitrogens with two attached hydrogens (primary N) is 1. The Morgan fingerprint density at radius 3 is 2.52 bits per heavy atom. The van der Waals surface area contributed by atoms with Crippen molar-refractivity contribution in [1.82, 2.24) is 4.90 Å². The number of allylic oxidation sites excluding steroid dienone is 1. The van der Waals surface area contributed by atoms with Gasteiger partial charge in [-0.15, -0.1) is 0 Å². The van der Waals surface area contributed by atoms with Crippen LogP contribution in [0, 0.1) is 5.92 Å². The van der Waals surface area contributed by atoms with Crippen molar-refractivity contribution < 1.29 is 0 Å². The molecule has 0 aromatic heterocycles. The highest BCUT2D eigenvalue weighted by Gasteiger charge is 2.22. The van der Waals surface area contributed by atoms with E-state index in [4.69, 9.17) is 5.73 Å². The molecule has 0 unspecified atom stereocenters. The average Bonchev–Trinajstić information content (AvgIpc) is 3.37. The molecule has 23 heavy (non-hydrogen) atoms. The van der Waals surface area contributed by atoms with Gasteiger partial charge in [-0.05, 0) is 81.9 Å². The quantitative estimate of drug-likeness (QED) is 0.900. The number of nitrogens with zero attached hydrogens (tertiary/aromatic N) is 2. The molecule has 0 radical (unpaired) electrons. The van der Waals surface area contributed by atoms with E-state index in [9.17, 15) is 0 Å². The highest BCUT2D eigenvalue weighted by molar-refractivity contribution is 5.63. The van der Waals surface area contributed by atoms with Gasteiger partial charge < -0.3 is 15.5 Å². The minimum atomic E-state index is 0.0801. The Bertz CT molecular complexity index is 552. The molecule has 1 aliphatic heterocycles. The van der Waals surface area contributed by atoms with Crippen molar-refractivity contribution in [2.75, 3.05) is 32.1 Å². The van der Waals surface area contributed by atoms with Crippen LogP contribution in [-0.2, 0) is 0 Å². The minimum Gasteiger partial charge on any atom is -0.371 e. The molecule has 3 rings (SSSR count). The summed E-state index contributed by atoms with van der Waals surface area (Å²) >= 11 is 0. The standard InChI is InChI=1S/C20H31N3/c1-15(21)20-9-8-19(14-17(20)7-6-16-4-5-16)23(3)18-10-12-22(2)13-11-18/h6-9,14-16,18H,4-5,10-13,21H2,1-3H3/b7-6+/t15-/m0/s1. The van der Waals surface area contributed by atoms with Crippen LogP contribution in [0.4, 0.5) is 5.69 Å². The molecule has 1 aliphatic carbocycles. The maximum atomic E-state index is 6.17. The average molecular weight is 313 g/mol. The summed E-state index contributed by atoms with van der Waals surface area (Å²) < 4.78 is 0. The summed E-state index contributed by atoms with van der Waals surface area (Å²) in [6.07, 6.45) is 9.84. The summed E-state index contributed by atoms with van der Waals surface area (Å²) in [5.74, 6) is 0.797. The molecular formula is C20H31N3. The van der Waals surface area contributed by atoms with E-state index in [1.54, 1.807) is 0 Å². The van der Waals surface area contributed by atoms with Crippen LogP contribution in [0.5, 0.6) is 0 Å². The predicted molar refractivity (Wildman–Crippen MR) is 99.7 cm³/mol. The monoisotopic (exact) mass is 313 g/mol. The third-order valence-electron chi connectivity index (χ3n) is 5.37. The molecule has 1 heterocycles. The third kappa shape index (κ3) is 4.15. The van der Waals surface area contributed by atoms with Crippen LogP contribution in [0.3, 0.4) is 0 Å². The van der Waals surface area contributed by atoms with E-state index in [-0.39, 0.29) is 6.04 Å². The largest absolute Gasteiger partial charge is 0.371 e. The molecule has 2 fully saturated rings. The molecule has 3 heteroatoms. The molecule has 2 aliphatic rings. The van der Waals surface area contributed by atoms with E-state index in [2.05, 4.69) is 61.2 Å². The van der Waals surface area contributed by atoms with Crippen molar-refractivity contribution in [1.29, 1.82) is 0 Å². The normalized spacial score (nSPS) is 21.7. The maximum Gasteiger partial charge on any atom is 0.0372 e. The molecule has 1 saturated heterocycles. The fourth-order valence-corrected chi connectivity index (χ4v) is 3.46. The lowest BCUT2D eigenvalue weighted by molar-refractivity contribution is 0.253. The van der Waals surface area contributed by atoms with Gasteiger partial charge in [0.25, 0.3) is 0 Å². The molecule has 2 N–H and O–H groups in total. The number of piperidine rings is 1. The number of benzene rings is 1. The van der Waals surface area contributed by atoms with Crippen LogP contribution in [0.15, 0.2) is 24.3 Å². The third-order valence-corrected chi connectivity index (χ3v) is 5.37. The lowest BCUT2D eigenvalue weighted by atomic mass is 9.98. The summed E-state index contributed by atoms with van der Waals surface area (Å²) in [6, 6.07) is 7.52. The summed E-state index contributed by atoms with van der Waals surface area (Å²) in [6.45, 7) is 4.47. The van der Waals surface area contributed by atoms with Gasteiger partial charge in [-0.25, -0.2) is 0 Å². The second kappa shape index (κ2) is 7.06. The van der Waals surface area contributed by atoms with Crippen molar-refractivity contribution in [2.24, 2.45) is 11.7 Å². The predicted octanol–water partition coefficient (Wildman–Crippen LogP) is 3.66. The number of likely N-dealkylation sites (tertiary alicyclic amines) is 1. The molecule has 1 aromatic carbocycles. The second-order valence-electron chi connectivity index (χ2n) is 7.44. The molecular weight excluding hydrogens is 282 g/mol. The van der Waals surface area contributed by atoms with Crippen molar-refractivity contribution >= 4 is 11.8 Å². The first-order valence-electron chi connectivity index (χ1n) is 9.03. The van der Waals surface area contributed by atoms with Crippen LogP contribution >= 0.6 is 0 Å². The van der Waals surface area contributed by atoms with Gasteiger partial charge in [-0.1, -0.05) is 18.2 Å². The second-order valence-corrected chi connectivity index (χ2v) is 7.44. The summed E-state index contributed by atoms with van der Waals surface area (Å²) in [5, 5.41) is 0. The summed E-state index contributed by atoms with van der Waals surface area (Å²) in [5.41, 5.74) is 10.0. The van der Waals surface area contributed by atoms with Gasteiger partial charge in [0.2, 0.25) is 0 Å². The molecule has 1 saturated carbocycles. The Kier molecular flexibility index (Phi) is 5.08. The highest BCUT2D eigenvalue weighted by atomic mass is 15.2. The van der Waals surface area contributed by atoms with Crippen LogP contribution in [0.2, 0.25) is 0 Å². The van der Waals surface area contributed by atoms with Crippen LogP contribution in [0.25, 0.3) is 6.08 Å². The van der Waals surface area contributed by atoms with E-state index < -0.39 is 0 Å². The SMILES string of the molecule is C[C@H](N)c1ccc(N(C)C2CCN(C)CC2)cc1/C=C/C1CC1. The van der Waals surface area contributed by atoms with Crippen molar-refractivity contribution in [3.63, 3.8) is 0 Å². The van der Waals surface area contributed by atoms with Gasteiger partial charge in [-0.3, -0.25) is 0 Å². The van der Waals surface area contributed by atoms with Crippen molar-refractivity contribution in [2.45, 2.75) is 44.7 Å². The molecule has 126 valence electrons. The molecule has 3 nitrogen and oxygen atoms in total. The first-order chi connectivity index (χ1) is 11.0. The first kappa shape index (κ1) is 16.5. The summed E-state index contributed by atoms with van der Waals surface area (Å²) in [7, 11) is 4.46. The Hall–Kier alpha value is -1.32. The van der Waals surface area contributed by atoms with Crippen molar-refractivity contribution in [3.05, 3.63) is 35.4 Å². The number of anilines is 1. The lowest BCUT2D eigenvalue weighted by Gasteiger charge is -2.36. The molecule has 1 atom stereocenters. The number of hydrogen-bond acceptors (Lipinski definition) is 3. The lowest BCUT2D eigenvalue weighted by Crippen LogP contribution is -2.42. The zero-order chi connectivity index (χ0) is 16.4. The van der Waals surface area contributed by atoms with Crippen LogP contribution in [-0.4, -0.2) is 38.1 Å². The zero-order valence-corrected chi connectivity index (χ0v) is 14.8. The fraction of sp³-hybridized carbons (Fsp3) is 0.600. The van der Waals surface area contributed by atoms with E-state index in [1.807, 2.05) is 0 Å². The van der Waals surface area contributed by atoms with Gasteiger partial charge in [0, 0.05) is 24.8 Å². The highest BCUT2D eigenvalue weighted by Crippen LogP contribution is 2.32. The Morgan fingerprint density at radius 1 is 1.22 bits per heavy atom. The van der Waals surface area contributed by atoms with Gasteiger partial charge in [0.05, 0.1) is 0 Å². The van der Waals surface area contributed by atoms with Gasteiger partial charge >= 0.3 is 0 Å². The van der Waals surface area contributed by atoms with Crippen LogP contribution in [0.1, 0.15) is 49.8 Å². The minimum absolute atomic E-state index is 0.0801. The topological polar surface area (TPSA) is 32.5 Å². The Balaban J connectivity index is 1.79. The number of rotatable bonds is 5. The molecule has 1 aromatic rings. The van der Waals surface area contributed by atoms with Gasteiger partial charge in [0.15, 0.2) is 0 Å². The van der Waals surface area contributed by atoms with E-state index in [0.29, 0.717) is 6.04 Å². The van der Waals surface area contributed by atoms with E-state index >= 15 is 0 Å². The molecule has 0 spiro atoms. The first-order valence-corrected chi connectivity index (χ1v) is 9.03. The zero-order valence-electron chi connectivity index (χ0n) is 14.8. The van der Waals surface area contributed by atoms with Gasteiger partial charge in [-0.2, -0.15) is 0 Å². The van der Waals surface area contributed by atoms with Crippen molar-refractivity contribution in [3.8, 4) is 0 Å². The molecule has 0 bridgehead atoms. The summed E-state index contributed by atoms with van der Waals surface area (Å²) in [4.78, 5) is 4.89. The van der Waals surface area contributed by atoms with E-state index in [1.165, 1.54) is 55.6 Å². The smallest absolute Gasteiger partial charge is 0.0372 e. The Morgan fingerprint density at radius 2 is 1.91 bits per heavy atom. The van der Waals surface area contributed by atoms with Crippen LogP contribution < -0.4 is 10.6 Å². The maximum absolute atomic E-state index is 6.17. The molecule has 0 amide bonds. The fourth-order valence-electron chi connectivity index (χ4n) is 3.46. The Labute approximate surface area is 141 Å². The van der Waals surface area contributed by atoms with E-state index in [0.717, 1.165) is 5.92 Å². The van der Waals surface area contributed by atoms with Gasteiger partial charge in [0.1, 0.15) is 0 Å². The number of hydrogen-bond donors (Lipinski definition) is 1.